The molecule has 1 aliphatic carbocycles. The Balaban J connectivity index is 1.32. The maximum absolute atomic E-state index is 5.75. The molecule has 194 valence electrons. The maximum atomic E-state index is 5.75. The van der Waals surface area contributed by atoms with Crippen LogP contribution in [0.1, 0.15) is 122 Å². The minimum Gasteiger partial charge on any atom is -0.477 e. The number of nitrogens with zero attached hydrogens (tertiary/aromatic N) is 2. The van der Waals surface area contributed by atoms with Crippen LogP contribution < -0.4 is 4.74 Å². The van der Waals surface area contributed by atoms with E-state index in [1.165, 1.54) is 108 Å². The number of hydrogen-bond acceptors (Lipinski definition) is 3. The first kappa shape index (κ1) is 27.7. The fraction of sp³-hybridized carbons (Fsp3) is 0.688. The van der Waals surface area contributed by atoms with E-state index in [0.717, 1.165) is 36.1 Å². The minimum atomic E-state index is 0.632. The standard InChI is InChI=1S/C32H50N2O/c1-3-5-7-9-11-13-27-14-16-28(17-15-27)18-19-29-20-22-30(23-21-29)31-24-25-32(34-33-31)35-26-12-10-8-6-4-2/h20-25,27-28H,3-19,26H2,1-2H3. The Morgan fingerprint density at radius 3 is 1.91 bits per heavy atom. The Kier molecular flexibility index (Phi) is 13.2. The summed E-state index contributed by atoms with van der Waals surface area (Å²) < 4.78 is 5.75. The van der Waals surface area contributed by atoms with Crippen LogP contribution in [-0.4, -0.2) is 16.8 Å². The second kappa shape index (κ2) is 16.7. The molecule has 3 heteroatoms. The van der Waals surface area contributed by atoms with E-state index in [-0.39, 0.29) is 0 Å². The van der Waals surface area contributed by atoms with Crippen LogP contribution in [0, 0.1) is 11.8 Å². The third-order valence-corrected chi connectivity index (χ3v) is 7.91. The number of ether oxygens (including phenoxy) is 1. The number of aryl methyl sites for hydroxylation is 1. The van der Waals surface area contributed by atoms with Gasteiger partial charge in [-0.25, -0.2) is 0 Å². The van der Waals surface area contributed by atoms with Gasteiger partial charge in [0.2, 0.25) is 5.88 Å². The fourth-order valence-electron chi connectivity index (χ4n) is 5.49. The molecule has 0 aliphatic heterocycles. The Bertz CT molecular complexity index is 778. The zero-order valence-corrected chi connectivity index (χ0v) is 22.6. The van der Waals surface area contributed by atoms with Crippen molar-refractivity contribution in [1.82, 2.24) is 10.2 Å². The van der Waals surface area contributed by atoms with Gasteiger partial charge in [0.05, 0.1) is 12.3 Å². The molecule has 1 aliphatic rings. The molecule has 1 aromatic heterocycles. The minimum absolute atomic E-state index is 0.632. The van der Waals surface area contributed by atoms with Crippen molar-refractivity contribution in [2.24, 2.45) is 11.8 Å². The van der Waals surface area contributed by atoms with Crippen LogP contribution in [0.4, 0.5) is 0 Å². The molecule has 0 N–H and O–H groups in total. The molecule has 1 saturated carbocycles. The molecule has 35 heavy (non-hydrogen) atoms. The summed E-state index contributed by atoms with van der Waals surface area (Å²) in [5, 5.41) is 8.67. The molecule has 1 fully saturated rings. The molecule has 0 saturated heterocycles. The first-order valence-electron chi connectivity index (χ1n) is 14.8. The molecule has 3 rings (SSSR count). The van der Waals surface area contributed by atoms with Crippen molar-refractivity contribution in [2.75, 3.05) is 6.61 Å². The van der Waals surface area contributed by atoms with Gasteiger partial charge in [-0.1, -0.05) is 128 Å². The van der Waals surface area contributed by atoms with E-state index in [1.54, 1.807) is 0 Å². The van der Waals surface area contributed by atoms with Gasteiger partial charge in [-0.05, 0) is 42.7 Å². The lowest BCUT2D eigenvalue weighted by Gasteiger charge is -2.28. The molecule has 0 atom stereocenters. The molecule has 0 amide bonds. The highest BCUT2D eigenvalue weighted by molar-refractivity contribution is 5.59. The second-order valence-corrected chi connectivity index (χ2v) is 10.8. The van der Waals surface area contributed by atoms with E-state index >= 15 is 0 Å². The van der Waals surface area contributed by atoms with Crippen molar-refractivity contribution < 1.29 is 4.74 Å². The van der Waals surface area contributed by atoms with Crippen LogP contribution in [0.3, 0.4) is 0 Å². The highest BCUT2D eigenvalue weighted by Gasteiger charge is 2.20. The molecular formula is C32H50N2O. The third kappa shape index (κ3) is 10.7. The van der Waals surface area contributed by atoms with Gasteiger partial charge in [0, 0.05) is 11.6 Å². The van der Waals surface area contributed by atoms with Crippen molar-refractivity contribution in [1.29, 1.82) is 0 Å². The predicted octanol–water partition coefficient (Wildman–Crippen LogP) is 9.59. The SMILES string of the molecule is CCCCCCCOc1ccc(-c2ccc(CCC3CCC(CCCCCCC)CC3)cc2)nn1. The van der Waals surface area contributed by atoms with Crippen LogP contribution in [0.25, 0.3) is 11.3 Å². The lowest BCUT2D eigenvalue weighted by atomic mass is 9.77. The zero-order valence-electron chi connectivity index (χ0n) is 22.6. The summed E-state index contributed by atoms with van der Waals surface area (Å²) in [4.78, 5) is 0. The first-order chi connectivity index (χ1) is 17.3. The summed E-state index contributed by atoms with van der Waals surface area (Å²) in [7, 11) is 0. The Morgan fingerprint density at radius 1 is 0.657 bits per heavy atom. The van der Waals surface area contributed by atoms with E-state index < -0.39 is 0 Å². The summed E-state index contributed by atoms with van der Waals surface area (Å²) >= 11 is 0. The molecule has 0 spiro atoms. The largest absolute Gasteiger partial charge is 0.477 e. The van der Waals surface area contributed by atoms with Gasteiger partial charge >= 0.3 is 0 Å². The Hall–Kier alpha value is -1.90. The van der Waals surface area contributed by atoms with Crippen molar-refractivity contribution in [3.05, 3.63) is 42.0 Å². The van der Waals surface area contributed by atoms with E-state index in [0.29, 0.717) is 5.88 Å². The van der Waals surface area contributed by atoms with Crippen LogP contribution in [0.5, 0.6) is 5.88 Å². The fourth-order valence-corrected chi connectivity index (χ4v) is 5.49. The maximum Gasteiger partial charge on any atom is 0.233 e. The number of unbranched alkanes of at least 4 members (excludes halogenated alkanes) is 8. The van der Waals surface area contributed by atoms with Crippen molar-refractivity contribution in [2.45, 2.75) is 123 Å². The Labute approximate surface area is 215 Å². The van der Waals surface area contributed by atoms with E-state index in [1.807, 2.05) is 12.1 Å². The normalized spacial score (nSPS) is 18.0. The number of benzene rings is 1. The van der Waals surface area contributed by atoms with Gasteiger partial charge in [0.15, 0.2) is 0 Å². The summed E-state index contributed by atoms with van der Waals surface area (Å²) in [6.07, 6.45) is 23.2. The number of hydrogen-bond donors (Lipinski definition) is 0. The number of rotatable bonds is 17. The van der Waals surface area contributed by atoms with Gasteiger partial charge in [-0.15, -0.1) is 10.2 Å². The molecular weight excluding hydrogens is 428 g/mol. The molecule has 3 nitrogen and oxygen atoms in total. The molecule has 0 bridgehead atoms. The van der Waals surface area contributed by atoms with Crippen LogP contribution in [0.15, 0.2) is 36.4 Å². The first-order valence-corrected chi connectivity index (χ1v) is 14.8. The highest BCUT2D eigenvalue weighted by atomic mass is 16.5. The van der Waals surface area contributed by atoms with Crippen molar-refractivity contribution in [3.8, 4) is 17.1 Å². The van der Waals surface area contributed by atoms with Gasteiger partial charge in [-0.3, -0.25) is 0 Å². The summed E-state index contributed by atoms with van der Waals surface area (Å²) in [6, 6.07) is 12.9. The zero-order chi connectivity index (χ0) is 24.6. The van der Waals surface area contributed by atoms with Gasteiger partial charge in [0.1, 0.15) is 0 Å². The van der Waals surface area contributed by atoms with E-state index in [9.17, 15) is 0 Å². The molecule has 0 radical (unpaired) electrons. The summed E-state index contributed by atoms with van der Waals surface area (Å²) in [5.41, 5.74) is 3.49. The monoisotopic (exact) mass is 478 g/mol. The average Bonchev–Trinajstić information content (AvgIpc) is 2.91. The van der Waals surface area contributed by atoms with Gasteiger partial charge in [-0.2, -0.15) is 0 Å². The topological polar surface area (TPSA) is 35.0 Å². The summed E-state index contributed by atoms with van der Waals surface area (Å²) in [6.45, 7) is 5.27. The van der Waals surface area contributed by atoms with Gasteiger partial charge < -0.3 is 4.74 Å². The van der Waals surface area contributed by atoms with E-state index in [2.05, 4.69) is 48.3 Å². The third-order valence-electron chi connectivity index (χ3n) is 7.91. The lowest BCUT2D eigenvalue weighted by molar-refractivity contribution is 0.248. The van der Waals surface area contributed by atoms with Crippen molar-refractivity contribution in [3.63, 3.8) is 0 Å². The number of aromatic nitrogens is 2. The molecule has 2 aromatic rings. The smallest absolute Gasteiger partial charge is 0.233 e. The van der Waals surface area contributed by atoms with Crippen LogP contribution >= 0.6 is 0 Å². The Morgan fingerprint density at radius 2 is 1.29 bits per heavy atom. The van der Waals surface area contributed by atoms with E-state index in [4.69, 9.17) is 4.74 Å². The molecule has 1 heterocycles. The second-order valence-electron chi connectivity index (χ2n) is 10.8. The molecule has 1 aromatic carbocycles. The average molecular weight is 479 g/mol. The lowest BCUT2D eigenvalue weighted by Crippen LogP contribution is -2.15. The summed E-state index contributed by atoms with van der Waals surface area (Å²) in [5.74, 6) is 2.57. The quantitative estimate of drug-likeness (QED) is 0.212. The van der Waals surface area contributed by atoms with Crippen LogP contribution in [0.2, 0.25) is 0 Å². The van der Waals surface area contributed by atoms with Crippen LogP contribution in [-0.2, 0) is 6.42 Å². The van der Waals surface area contributed by atoms with Crippen molar-refractivity contribution >= 4 is 0 Å². The van der Waals surface area contributed by atoms with Gasteiger partial charge in [0.25, 0.3) is 0 Å². The highest BCUT2D eigenvalue weighted by Crippen LogP contribution is 2.34. The molecule has 0 unspecified atom stereocenters. The predicted molar refractivity (Wildman–Crippen MR) is 149 cm³/mol.